The monoisotopic (exact) mass is 412 g/mol. The Morgan fingerprint density at radius 3 is 2.69 bits per heavy atom. The molecule has 8 heteroatoms. The maximum absolute atomic E-state index is 12.3. The second kappa shape index (κ2) is 12.2. The molecule has 0 aromatic rings. The van der Waals surface area contributed by atoms with E-state index < -0.39 is 5.60 Å². The predicted octanol–water partition coefficient (Wildman–Crippen LogP) is 2.38. The van der Waals surface area contributed by atoms with Gasteiger partial charge in [-0.15, -0.1) is 0 Å². The quantitative estimate of drug-likeness (QED) is 0.379. The number of likely N-dealkylation sites (tertiary alicyclic amines) is 1. The van der Waals surface area contributed by atoms with E-state index in [2.05, 4.69) is 15.6 Å². The Morgan fingerprint density at radius 1 is 1.24 bits per heavy atom. The number of carbonyl (C=O) groups is 1. The Labute approximate surface area is 175 Å². The van der Waals surface area contributed by atoms with Crippen molar-refractivity contribution in [2.45, 2.75) is 64.5 Å². The van der Waals surface area contributed by atoms with E-state index in [1.165, 1.54) is 0 Å². The Balaban J connectivity index is 1.61. The van der Waals surface area contributed by atoms with Gasteiger partial charge in [-0.25, -0.2) is 4.79 Å². The van der Waals surface area contributed by atoms with Gasteiger partial charge in [0.25, 0.3) is 0 Å². The van der Waals surface area contributed by atoms with Crippen LogP contribution in [0.4, 0.5) is 4.79 Å². The van der Waals surface area contributed by atoms with E-state index in [9.17, 15) is 4.79 Å². The molecule has 0 aliphatic carbocycles. The molecule has 2 N–H and O–H groups in total. The Hall–Kier alpha value is -1.54. The van der Waals surface area contributed by atoms with Crippen molar-refractivity contribution >= 4 is 12.1 Å². The minimum Gasteiger partial charge on any atom is -0.444 e. The highest BCUT2D eigenvalue weighted by Gasteiger charge is 2.28. The van der Waals surface area contributed by atoms with Crippen LogP contribution in [0.25, 0.3) is 0 Å². The Morgan fingerprint density at radius 2 is 2.00 bits per heavy atom. The largest absolute Gasteiger partial charge is 0.444 e. The van der Waals surface area contributed by atoms with Crippen molar-refractivity contribution in [1.82, 2.24) is 15.5 Å². The molecular formula is C21H40N4O4. The molecule has 8 nitrogen and oxygen atoms in total. The standard InChI is InChI=1S/C21H40N4O4/c1-21(2,3)29-20(26)25-11-5-7-18(15-25)24-19(22-4)23-10-6-12-28-16-17-8-13-27-14-9-17/h17-18H,5-16H2,1-4H3,(H2,22,23,24). The van der Waals surface area contributed by atoms with Crippen molar-refractivity contribution in [2.24, 2.45) is 10.9 Å². The molecule has 1 atom stereocenters. The third-order valence-electron chi connectivity index (χ3n) is 5.09. The van der Waals surface area contributed by atoms with Crippen molar-refractivity contribution in [3.63, 3.8) is 0 Å². The van der Waals surface area contributed by atoms with Crippen molar-refractivity contribution in [1.29, 1.82) is 0 Å². The predicted molar refractivity (Wildman–Crippen MR) is 114 cm³/mol. The van der Waals surface area contributed by atoms with Gasteiger partial charge in [-0.3, -0.25) is 4.99 Å². The molecule has 29 heavy (non-hydrogen) atoms. The maximum Gasteiger partial charge on any atom is 0.410 e. The molecule has 2 heterocycles. The molecule has 2 rings (SSSR count). The summed E-state index contributed by atoms with van der Waals surface area (Å²) in [7, 11) is 1.77. The van der Waals surface area contributed by atoms with Gasteiger partial charge < -0.3 is 29.7 Å². The number of hydrogen-bond donors (Lipinski definition) is 2. The highest BCUT2D eigenvalue weighted by molar-refractivity contribution is 5.80. The third kappa shape index (κ3) is 9.67. The van der Waals surface area contributed by atoms with E-state index in [0.29, 0.717) is 12.5 Å². The number of aliphatic imine (C=N–C) groups is 1. The fraction of sp³-hybridized carbons (Fsp3) is 0.905. The molecule has 0 radical (unpaired) electrons. The molecular weight excluding hydrogens is 372 g/mol. The van der Waals surface area contributed by atoms with E-state index in [4.69, 9.17) is 14.2 Å². The summed E-state index contributed by atoms with van der Waals surface area (Å²) in [5.41, 5.74) is -0.470. The summed E-state index contributed by atoms with van der Waals surface area (Å²) in [5.74, 6) is 1.41. The molecule has 0 bridgehead atoms. The number of piperidine rings is 1. The van der Waals surface area contributed by atoms with Crippen LogP contribution in [0.2, 0.25) is 0 Å². The normalized spacial score (nSPS) is 21.7. The van der Waals surface area contributed by atoms with Gasteiger partial charge in [0, 0.05) is 59.2 Å². The number of hydrogen-bond acceptors (Lipinski definition) is 5. The van der Waals surface area contributed by atoms with Gasteiger partial charge in [-0.05, 0) is 58.8 Å². The summed E-state index contributed by atoms with van der Waals surface area (Å²) in [6.45, 7) is 11.2. The van der Waals surface area contributed by atoms with Gasteiger partial charge in [0.2, 0.25) is 0 Å². The zero-order chi connectivity index (χ0) is 21.1. The van der Waals surface area contributed by atoms with Crippen molar-refractivity contribution < 1.29 is 19.0 Å². The van der Waals surface area contributed by atoms with E-state index in [1.54, 1.807) is 11.9 Å². The van der Waals surface area contributed by atoms with Crippen LogP contribution in [0, 0.1) is 5.92 Å². The van der Waals surface area contributed by atoms with Crippen molar-refractivity contribution in [3.8, 4) is 0 Å². The highest BCUT2D eigenvalue weighted by atomic mass is 16.6. The van der Waals surface area contributed by atoms with Crippen molar-refractivity contribution in [3.05, 3.63) is 0 Å². The van der Waals surface area contributed by atoms with Crippen LogP contribution in [-0.2, 0) is 14.2 Å². The average Bonchev–Trinajstić information content (AvgIpc) is 2.69. The maximum atomic E-state index is 12.3. The Bertz CT molecular complexity index is 515. The summed E-state index contributed by atoms with van der Waals surface area (Å²) in [6, 6.07) is 0.173. The van der Waals surface area contributed by atoms with E-state index in [-0.39, 0.29) is 12.1 Å². The van der Waals surface area contributed by atoms with Crippen molar-refractivity contribution in [2.75, 3.05) is 53.1 Å². The summed E-state index contributed by atoms with van der Waals surface area (Å²) in [5, 5.41) is 6.77. The minimum atomic E-state index is -0.470. The van der Waals surface area contributed by atoms with Crippen LogP contribution in [0.5, 0.6) is 0 Å². The Kier molecular flexibility index (Phi) is 10.0. The van der Waals surface area contributed by atoms with E-state index in [1.807, 2.05) is 20.8 Å². The fourth-order valence-corrected chi connectivity index (χ4v) is 3.52. The lowest BCUT2D eigenvalue weighted by Crippen LogP contribution is -2.53. The van der Waals surface area contributed by atoms with Crippen LogP contribution in [0.3, 0.4) is 0 Å². The van der Waals surface area contributed by atoms with Crippen LogP contribution >= 0.6 is 0 Å². The molecule has 2 aliphatic rings. The van der Waals surface area contributed by atoms with Gasteiger partial charge in [0.1, 0.15) is 5.60 Å². The van der Waals surface area contributed by atoms with Crippen LogP contribution in [0.1, 0.15) is 52.9 Å². The SMILES string of the molecule is CN=C(NCCCOCC1CCOCC1)NC1CCCN(C(=O)OC(C)(C)C)C1. The second-order valence-corrected chi connectivity index (χ2v) is 8.89. The smallest absolute Gasteiger partial charge is 0.410 e. The summed E-state index contributed by atoms with van der Waals surface area (Å²) >= 11 is 0. The number of carbonyl (C=O) groups excluding carboxylic acids is 1. The molecule has 0 saturated carbocycles. The van der Waals surface area contributed by atoms with E-state index in [0.717, 1.165) is 77.6 Å². The minimum absolute atomic E-state index is 0.173. The van der Waals surface area contributed by atoms with Gasteiger partial charge >= 0.3 is 6.09 Å². The molecule has 0 spiro atoms. The topological polar surface area (TPSA) is 84.4 Å². The van der Waals surface area contributed by atoms with Gasteiger partial charge in [-0.1, -0.05) is 0 Å². The van der Waals surface area contributed by atoms with Crippen LogP contribution in [-0.4, -0.2) is 81.7 Å². The zero-order valence-electron chi connectivity index (χ0n) is 18.7. The number of guanidine groups is 1. The fourth-order valence-electron chi connectivity index (χ4n) is 3.52. The lowest BCUT2D eigenvalue weighted by molar-refractivity contribution is 0.0193. The third-order valence-corrected chi connectivity index (χ3v) is 5.09. The first-order valence-corrected chi connectivity index (χ1v) is 11.0. The second-order valence-electron chi connectivity index (χ2n) is 8.89. The summed E-state index contributed by atoms with van der Waals surface area (Å²) < 4.78 is 16.7. The first-order valence-electron chi connectivity index (χ1n) is 11.0. The zero-order valence-corrected chi connectivity index (χ0v) is 18.7. The number of rotatable bonds is 7. The first-order chi connectivity index (χ1) is 13.9. The van der Waals surface area contributed by atoms with Crippen LogP contribution in [0.15, 0.2) is 4.99 Å². The molecule has 2 fully saturated rings. The van der Waals surface area contributed by atoms with E-state index >= 15 is 0 Å². The van der Waals surface area contributed by atoms with Gasteiger partial charge in [0.15, 0.2) is 5.96 Å². The molecule has 1 unspecified atom stereocenters. The average molecular weight is 413 g/mol. The number of amides is 1. The molecule has 168 valence electrons. The number of nitrogens with one attached hydrogen (secondary N) is 2. The van der Waals surface area contributed by atoms with Gasteiger partial charge in [-0.2, -0.15) is 0 Å². The molecule has 1 amide bonds. The number of ether oxygens (including phenoxy) is 3. The molecule has 0 aromatic heterocycles. The summed E-state index contributed by atoms with van der Waals surface area (Å²) in [4.78, 5) is 18.4. The van der Waals surface area contributed by atoms with Crippen LogP contribution < -0.4 is 10.6 Å². The first kappa shape index (κ1) is 23.7. The lowest BCUT2D eigenvalue weighted by Gasteiger charge is -2.35. The highest BCUT2D eigenvalue weighted by Crippen LogP contribution is 2.16. The summed E-state index contributed by atoms with van der Waals surface area (Å²) in [6.07, 6.45) is 4.86. The molecule has 0 aromatic carbocycles. The molecule has 2 aliphatic heterocycles. The van der Waals surface area contributed by atoms with Gasteiger partial charge in [0.05, 0.1) is 0 Å². The molecule has 2 saturated heterocycles. The number of nitrogens with zero attached hydrogens (tertiary/aromatic N) is 2. The lowest BCUT2D eigenvalue weighted by atomic mass is 10.0.